The number of methoxy groups -OCH3 is 2. The minimum atomic E-state index is -1.88. The Hall–Kier alpha value is -6.19. The molecular weight excluding hydrogens is 928 g/mol. The Bertz CT molecular complexity index is 2270. The summed E-state index contributed by atoms with van der Waals surface area (Å²) in [5.41, 5.74) is 4.28. The fourth-order valence-corrected chi connectivity index (χ4v) is 8.74. The summed E-state index contributed by atoms with van der Waals surface area (Å²) in [5.74, 6) is -1.84. The number of nitrogens with two attached hydrogens (primary N) is 1. The lowest BCUT2D eigenvalue weighted by Gasteiger charge is -2.42. The second-order valence-corrected chi connectivity index (χ2v) is 18.3. The van der Waals surface area contributed by atoms with Crippen LogP contribution in [0.15, 0.2) is 84.8 Å². The lowest BCUT2D eigenvalue weighted by atomic mass is 9.83. The standard InChI is InChI=1S/C49H69ClN8O12/c1-12-31(54-43(60)33(17-15-21-53-45(51)62)56-44(61)41(52-8)27(3)4)19-20-32(13-2)55-46(63)69-38-25-39(59)58(9)34-23-30(24-35(66-10)40(34)50)22-28(5)16-14-18-37(67-11)49(65)26-36(68-47(64)57-49)29(6)42-48(38,7)70-42/h12-14,16,18-20,23-24,27,29,33,36-38,41-42,52,65H,1-2,15,17,21-22,25-26H2,3-11H3,(H,54,60)(H,55,63)(H,56,61)(H,57,64)(H3,51,53,62)/b18-14+,28-16+,31-19+,32-20+/t29-,33+,36+,37-,38+,41+,42+,48+,49+/m1/s1. The minimum absolute atomic E-state index is 0.0877. The molecule has 0 unspecified atom stereocenters. The van der Waals surface area contributed by atoms with E-state index in [9.17, 15) is 33.9 Å². The quantitative estimate of drug-likeness (QED) is 0.0616. The maximum atomic E-state index is 14.3. The first-order valence-electron chi connectivity index (χ1n) is 22.9. The van der Waals surface area contributed by atoms with E-state index in [0.717, 1.165) is 11.1 Å². The molecule has 4 rings (SSSR count). The van der Waals surface area contributed by atoms with E-state index in [1.165, 1.54) is 50.5 Å². The number of halogens is 1. The number of benzene rings is 1. The van der Waals surface area contributed by atoms with Crippen molar-refractivity contribution in [3.63, 3.8) is 0 Å². The third-order valence-electron chi connectivity index (χ3n) is 12.5. The predicted octanol–water partition coefficient (Wildman–Crippen LogP) is 4.28. The number of likely N-dealkylation sites (N-methyl/N-ethyl adjacent to an activating group) is 1. The molecule has 20 nitrogen and oxygen atoms in total. The van der Waals surface area contributed by atoms with Gasteiger partial charge in [0, 0.05) is 44.4 Å². The fourth-order valence-electron chi connectivity index (χ4n) is 8.43. The molecule has 3 heterocycles. The third-order valence-corrected chi connectivity index (χ3v) is 12.8. The van der Waals surface area contributed by atoms with E-state index in [0.29, 0.717) is 24.3 Å². The normalized spacial score (nSPS) is 27.2. The number of amides is 7. The van der Waals surface area contributed by atoms with E-state index in [1.54, 1.807) is 45.2 Å². The van der Waals surface area contributed by atoms with Gasteiger partial charge in [-0.25, -0.2) is 14.4 Å². The highest BCUT2D eigenvalue weighted by Crippen LogP contribution is 2.49. The van der Waals surface area contributed by atoms with Crippen LogP contribution in [0, 0.1) is 11.8 Å². The van der Waals surface area contributed by atoms with Crippen molar-refractivity contribution < 1.29 is 57.6 Å². The molecule has 0 radical (unpaired) electrons. The van der Waals surface area contributed by atoms with Gasteiger partial charge in [-0.3, -0.25) is 25.0 Å². The topological polar surface area (TPSA) is 274 Å². The van der Waals surface area contributed by atoms with Gasteiger partial charge in [-0.2, -0.15) is 0 Å². The van der Waals surface area contributed by atoms with Gasteiger partial charge in [-0.15, -0.1) is 0 Å². The summed E-state index contributed by atoms with van der Waals surface area (Å²) in [4.78, 5) is 80.5. The smallest absolute Gasteiger partial charge is 0.412 e. The molecule has 384 valence electrons. The van der Waals surface area contributed by atoms with Crippen molar-refractivity contribution in [2.75, 3.05) is 39.8 Å². The number of carbonyl (C=O) groups is 6. The lowest BCUT2D eigenvalue weighted by Crippen LogP contribution is -2.63. The van der Waals surface area contributed by atoms with Crippen LogP contribution < -0.4 is 47.3 Å². The summed E-state index contributed by atoms with van der Waals surface area (Å²) in [6.07, 6.45) is 5.31. The zero-order chi connectivity index (χ0) is 52.1. The Morgan fingerprint density at radius 3 is 2.37 bits per heavy atom. The molecule has 1 aromatic carbocycles. The van der Waals surface area contributed by atoms with Gasteiger partial charge in [-0.05, 0) is 88.1 Å². The minimum Gasteiger partial charge on any atom is -0.495 e. The maximum absolute atomic E-state index is 14.3. The van der Waals surface area contributed by atoms with E-state index in [4.69, 9.17) is 41.0 Å². The molecule has 3 aliphatic heterocycles. The largest absolute Gasteiger partial charge is 0.495 e. The first-order chi connectivity index (χ1) is 33.0. The molecule has 9 atom stereocenters. The Morgan fingerprint density at radius 2 is 1.77 bits per heavy atom. The zero-order valence-electron chi connectivity index (χ0n) is 41.3. The third kappa shape index (κ3) is 14.7. The van der Waals surface area contributed by atoms with E-state index < -0.39 is 96.1 Å². The van der Waals surface area contributed by atoms with Crippen LogP contribution in [-0.4, -0.2) is 124 Å². The Morgan fingerprint density at radius 1 is 1.10 bits per heavy atom. The highest BCUT2D eigenvalue weighted by atomic mass is 35.5. The highest BCUT2D eigenvalue weighted by Gasteiger charge is 2.64. The van der Waals surface area contributed by atoms with Gasteiger partial charge < -0.3 is 60.7 Å². The van der Waals surface area contributed by atoms with Crippen molar-refractivity contribution in [2.45, 2.75) is 115 Å². The van der Waals surface area contributed by atoms with Gasteiger partial charge in [0.15, 0.2) is 5.72 Å². The monoisotopic (exact) mass is 996 g/mol. The van der Waals surface area contributed by atoms with E-state index in [2.05, 4.69) is 45.1 Å². The molecule has 9 N–H and O–H groups in total. The number of hydrogen-bond donors (Lipinski definition) is 8. The number of alkyl carbamates (subject to hydrolysis) is 2. The van der Waals surface area contributed by atoms with Gasteiger partial charge in [0.25, 0.3) is 0 Å². The van der Waals surface area contributed by atoms with Crippen LogP contribution in [-0.2, 0) is 39.8 Å². The van der Waals surface area contributed by atoms with Gasteiger partial charge >= 0.3 is 18.2 Å². The van der Waals surface area contributed by atoms with Crippen molar-refractivity contribution in [1.82, 2.24) is 31.9 Å². The Labute approximate surface area is 414 Å². The van der Waals surface area contributed by atoms with Crippen LogP contribution in [0.2, 0.25) is 5.02 Å². The van der Waals surface area contributed by atoms with Crippen molar-refractivity contribution in [3.05, 3.63) is 95.4 Å². The fraction of sp³-hybridized carbons (Fsp3) is 0.510. The first-order valence-corrected chi connectivity index (χ1v) is 23.3. The molecule has 21 heteroatoms. The number of nitrogens with one attached hydrogen (secondary N) is 6. The molecule has 0 saturated carbocycles. The molecule has 4 bridgehead atoms. The average molecular weight is 998 g/mol. The molecule has 2 saturated heterocycles. The number of aliphatic hydroxyl groups is 1. The summed E-state index contributed by atoms with van der Waals surface area (Å²) in [6, 6.07) is 1.20. The molecule has 7 amide bonds. The molecule has 0 aromatic heterocycles. The second kappa shape index (κ2) is 25.1. The molecule has 2 fully saturated rings. The number of allylic oxidation sites excluding steroid dienone is 7. The number of carbonyl (C=O) groups excluding carboxylic acids is 6. The highest BCUT2D eigenvalue weighted by molar-refractivity contribution is 6.35. The van der Waals surface area contributed by atoms with Gasteiger partial charge in [0.1, 0.15) is 40.7 Å². The van der Waals surface area contributed by atoms with Crippen LogP contribution in [0.5, 0.6) is 5.75 Å². The number of hydrogen-bond acceptors (Lipinski definition) is 13. The van der Waals surface area contributed by atoms with Crippen molar-refractivity contribution in [1.29, 1.82) is 0 Å². The molecule has 0 spiro atoms. The van der Waals surface area contributed by atoms with Crippen LogP contribution in [0.4, 0.5) is 20.1 Å². The molecule has 70 heavy (non-hydrogen) atoms. The Balaban J connectivity index is 1.65. The number of urea groups is 1. The number of rotatable bonds is 17. The van der Waals surface area contributed by atoms with Crippen molar-refractivity contribution in [2.24, 2.45) is 17.6 Å². The van der Waals surface area contributed by atoms with E-state index in [-0.39, 0.29) is 41.7 Å². The summed E-state index contributed by atoms with van der Waals surface area (Å²) in [5, 5.41) is 28.1. The molecule has 0 aliphatic carbocycles. The molecule has 3 aliphatic rings. The number of ether oxygens (including phenoxy) is 5. The summed E-state index contributed by atoms with van der Waals surface area (Å²) in [6.45, 7) is 16.8. The lowest BCUT2D eigenvalue weighted by molar-refractivity contribution is -0.142. The number of fused-ring (bicyclic) bond motifs is 5. The van der Waals surface area contributed by atoms with E-state index in [1.807, 2.05) is 26.8 Å². The van der Waals surface area contributed by atoms with E-state index >= 15 is 0 Å². The summed E-state index contributed by atoms with van der Waals surface area (Å²) < 4.78 is 29.3. The van der Waals surface area contributed by atoms with Gasteiger partial charge in [0.2, 0.25) is 17.7 Å². The summed E-state index contributed by atoms with van der Waals surface area (Å²) >= 11 is 6.81. The summed E-state index contributed by atoms with van der Waals surface area (Å²) in [7, 11) is 6.05. The first kappa shape index (κ1) is 56.4. The second-order valence-electron chi connectivity index (χ2n) is 18.0. The average Bonchev–Trinajstić information content (AvgIpc) is 4.00. The number of nitrogens with zero attached hydrogens (tertiary/aromatic N) is 1. The van der Waals surface area contributed by atoms with Crippen molar-refractivity contribution >= 4 is 53.2 Å². The number of anilines is 1. The SMILES string of the molecule is C=C/C(=C\C=C(/C=C)NC(=O)[C@H](CCCNC(N)=O)NC(=O)[C@@H](NC)C(C)C)NC(=O)O[C@H]1CC(=O)N(C)c2cc(cc(OC)c2Cl)C/C(C)=C/C=C/[C@@H](OC)[C@@]2(O)C[C@H](OC(=O)N2)[C@@H](C)[C@@H]2O[C@@]12C. The van der Waals surface area contributed by atoms with Crippen LogP contribution >= 0.6 is 11.6 Å². The van der Waals surface area contributed by atoms with Gasteiger partial charge in [0.05, 0.1) is 31.4 Å². The number of epoxide rings is 1. The molecule has 1 aromatic rings. The predicted molar refractivity (Wildman–Crippen MR) is 263 cm³/mol. The van der Waals surface area contributed by atoms with Crippen molar-refractivity contribution in [3.8, 4) is 5.75 Å². The van der Waals surface area contributed by atoms with Crippen LogP contribution in [0.3, 0.4) is 0 Å². The van der Waals surface area contributed by atoms with Crippen LogP contribution in [0.1, 0.15) is 65.9 Å². The van der Waals surface area contributed by atoms with Gasteiger partial charge in [-0.1, -0.05) is 69.3 Å². The maximum Gasteiger partial charge on any atom is 0.412 e. The van der Waals surface area contributed by atoms with Crippen LogP contribution in [0.25, 0.3) is 0 Å². The zero-order valence-corrected chi connectivity index (χ0v) is 42.1. The number of primary amides is 1. The Kier molecular flexibility index (Phi) is 20.2. The molecular formula is C49H69ClN8O12.